The van der Waals surface area contributed by atoms with Crippen LogP contribution in [0, 0.1) is 0 Å². The van der Waals surface area contributed by atoms with Gasteiger partial charge in [0.25, 0.3) is 0 Å². The van der Waals surface area contributed by atoms with Gasteiger partial charge in [-0.15, -0.1) is 0 Å². The molecular formula is C12H23N5. The molecule has 0 amide bonds. The van der Waals surface area contributed by atoms with Crippen molar-refractivity contribution >= 4 is 11.6 Å². The Morgan fingerprint density at radius 2 is 1.88 bits per heavy atom. The molecule has 0 radical (unpaired) electrons. The van der Waals surface area contributed by atoms with E-state index in [9.17, 15) is 0 Å². The van der Waals surface area contributed by atoms with Gasteiger partial charge in [-0.1, -0.05) is 0 Å². The zero-order valence-corrected chi connectivity index (χ0v) is 11.3. The van der Waals surface area contributed by atoms with Crippen molar-refractivity contribution in [3.05, 3.63) is 12.4 Å². The monoisotopic (exact) mass is 237 g/mol. The molecule has 0 aromatic carbocycles. The molecule has 96 valence electrons. The van der Waals surface area contributed by atoms with Crippen LogP contribution in [-0.4, -0.2) is 35.1 Å². The van der Waals surface area contributed by atoms with Crippen molar-refractivity contribution < 1.29 is 0 Å². The van der Waals surface area contributed by atoms with Crippen LogP contribution < -0.4 is 16.0 Å². The lowest BCUT2D eigenvalue weighted by Gasteiger charge is -2.24. The van der Waals surface area contributed by atoms with Gasteiger partial charge in [-0.05, 0) is 34.7 Å². The fourth-order valence-electron chi connectivity index (χ4n) is 1.23. The second kappa shape index (κ2) is 5.82. The molecule has 0 saturated carbocycles. The fraction of sp³-hybridized carbons (Fsp3) is 0.667. The Morgan fingerprint density at radius 3 is 2.47 bits per heavy atom. The summed E-state index contributed by atoms with van der Waals surface area (Å²) in [5.41, 5.74) is 0.0383. The van der Waals surface area contributed by atoms with E-state index in [0.29, 0.717) is 6.04 Å². The van der Waals surface area contributed by atoms with Crippen LogP contribution in [0.5, 0.6) is 0 Å². The molecule has 0 fully saturated rings. The summed E-state index contributed by atoms with van der Waals surface area (Å²) in [6, 6.07) is 2.29. The van der Waals surface area contributed by atoms with Crippen LogP contribution in [0.1, 0.15) is 27.7 Å². The Labute approximate surface area is 103 Å². The summed E-state index contributed by atoms with van der Waals surface area (Å²) in [6.07, 6.45) is 1.57. The minimum absolute atomic E-state index is 0.0383. The highest BCUT2D eigenvalue weighted by Gasteiger charge is 2.14. The quantitative estimate of drug-likeness (QED) is 0.703. The molecule has 0 aliphatic heterocycles. The van der Waals surface area contributed by atoms with Crippen LogP contribution in [0.15, 0.2) is 12.4 Å². The number of nitrogens with zero attached hydrogens (tertiary/aromatic N) is 2. The predicted molar refractivity (Wildman–Crippen MR) is 72.4 cm³/mol. The van der Waals surface area contributed by atoms with Gasteiger partial charge < -0.3 is 16.0 Å². The van der Waals surface area contributed by atoms with E-state index in [-0.39, 0.29) is 5.54 Å². The van der Waals surface area contributed by atoms with Crippen molar-refractivity contribution in [1.29, 1.82) is 0 Å². The van der Waals surface area contributed by atoms with E-state index in [2.05, 4.69) is 53.6 Å². The average Bonchev–Trinajstić information content (AvgIpc) is 2.26. The van der Waals surface area contributed by atoms with Gasteiger partial charge in [0.1, 0.15) is 18.0 Å². The lowest BCUT2D eigenvalue weighted by atomic mass is 10.1. The van der Waals surface area contributed by atoms with Crippen LogP contribution in [0.25, 0.3) is 0 Å². The fourth-order valence-corrected chi connectivity index (χ4v) is 1.23. The number of hydrogen-bond donors (Lipinski definition) is 3. The van der Waals surface area contributed by atoms with Gasteiger partial charge in [0.05, 0.1) is 0 Å². The number of nitrogens with one attached hydrogen (secondary N) is 3. The van der Waals surface area contributed by atoms with E-state index < -0.39 is 0 Å². The standard InChI is InChI=1S/C12H23N5/c1-9(2)17-11-6-10(15-8-16-11)14-7-12(3,4)13-5/h6,8-9,13H,7H2,1-5H3,(H2,14,15,16,17). The largest absolute Gasteiger partial charge is 0.368 e. The highest BCUT2D eigenvalue weighted by atomic mass is 15.1. The van der Waals surface area contributed by atoms with E-state index in [1.54, 1.807) is 6.33 Å². The normalized spacial score (nSPS) is 11.6. The Kier molecular flexibility index (Phi) is 4.69. The van der Waals surface area contributed by atoms with E-state index in [1.807, 2.05) is 13.1 Å². The molecule has 3 N–H and O–H groups in total. The molecule has 1 aromatic heterocycles. The van der Waals surface area contributed by atoms with Gasteiger partial charge in [-0.25, -0.2) is 9.97 Å². The van der Waals surface area contributed by atoms with E-state index >= 15 is 0 Å². The van der Waals surface area contributed by atoms with Gasteiger partial charge in [0.15, 0.2) is 0 Å². The predicted octanol–water partition coefficient (Wildman–Crippen LogP) is 1.71. The van der Waals surface area contributed by atoms with Crippen LogP contribution in [0.2, 0.25) is 0 Å². The first-order valence-electron chi connectivity index (χ1n) is 5.94. The maximum atomic E-state index is 4.19. The molecule has 0 atom stereocenters. The van der Waals surface area contributed by atoms with Gasteiger partial charge >= 0.3 is 0 Å². The lowest BCUT2D eigenvalue weighted by molar-refractivity contribution is 0.447. The number of hydrogen-bond acceptors (Lipinski definition) is 5. The maximum Gasteiger partial charge on any atom is 0.131 e. The highest BCUT2D eigenvalue weighted by molar-refractivity contribution is 5.46. The smallest absolute Gasteiger partial charge is 0.131 e. The first kappa shape index (κ1) is 13.7. The van der Waals surface area contributed by atoms with Crippen molar-refractivity contribution in [2.24, 2.45) is 0 Å². The molecular weight excluding hydrogens is 214 g/mol. The Hall–Kier alpha value is -1.36. The van der Waals surface area contributed by atoms with Crippen LogP contribution in [0.3, 0.4) is 0 Å². The summed E-state index contributed by atoms with van der Waals surface area (Å²) >= 11 is 0. The summed E-state index contributed by atoms with van der Waals surface area (Å²) in [7, 11) is 1.95. The summed E-state index contributed by atoms with van der Waals surface area (Å²) in [4.78, 5) is 8.36. The van der Waals surface area contributed by atoms with Crippen LogP contribution in [-0.2, 0) is 0 Å². The van der Waals surface area contributed by atoms with Gasteiger partial charge in [-0.3, -0.25) is 0 Å². The molecule has 17 heavy (non-hydrogen) atoms. The highest BCUT2D eigenvalue weighted by Crippen LogP contribution is 2.11. The minimum Gasteiger partial charge on any atom is -0.368 e. The van der Waals surface area contributed by atoms with Gasteiger partial charge in [-0.2, -0.15) is 0 Å². The number of likely N-dealkylation sites (N-methyl/N-ethyl adjacent to an activating group) is 1. The molecule has 0 aliphatic rings. The third-order valence-corrected chi connectivity index (χ3v) is 2.49. The Bertz CT molecular complexity index is 349. The molecule has 0 saturated heterocycles. The van der Waals surface area contributed by atoms with Crippen molar-refractivity contribution in [2.45, 2.75) is 39.3 Å². The van der Waals surface area contributed by atoms with E-state index in [4.69, 9.17) is 0 Å². The third kappa shape index (κ3) is 4.99. The van der Waals surface area contributed by atoms with Crippen molar-refractivity contribution in [3.8, 4) is 0 Å². The van der Waals surface area contributed by atoms with E-state index in [1.165, 1.54) is 0 Å². The zero-order chi connectivity index (χ0) is 12.9. The molecule has 1 heterocycles. The number of rotatable bonds is 6. The first-order chi connectivity index (χ1) is 7.93. The van der Waals surface area contributed by atoms with Crippen molar-refractivity contribution in [3.63, 3.8) is 0 Å². The van der Waals surface area contributed by atoms with Crippen LogP contribution in [0.4, 0.5) is 11.6 Å². The number of anilines is 2. The maximum absolute atomic E-state index is 4.19. The summed E-state index contributed by atoms with van der Waals surface area (Å²) in [5.74, 6) is 1.69. The minimum atomic E-state index is 0.0383. The van der Waals surface area contributed by atoms with Crippen molar-refractivity contribution in [1.82, 2.24) is 15.3 Å². The SMILES string of the molecule is CNC(C)(C)CNc1cc(NC(C)C)ncn1. The summed E-state index contributed by atoms with van der Waals surface area (Å²) < 4.78 is 0. The van der Waals surface area contributed by atoms with Gasteiger partial charge in [0, 0.05) is 24.2 Å². The Morgan fingerprint density at radius 1 is 1.24 bits per heavy atom. The molecule has 1 aromatic rings. The summed E-state index contributed by atoms with van der Waals surface area (Å²) in [5, 5.41) is 9.78. The molecule has 0 unspecified atom stereocenters. The summed E-state index contributed by atoms with van der Waals surface area (Å²) in [6.45, 7) is 9.24. The van der Waals surface area contributed by atoms with E-state index in [0.717, 1.165) is 18.2 Å². The third-order valence-electron chi connectivity index (χ3n) is 2.49. The topological polar surface area (TPSA) is 61.9 Å². The Balaban J connectivity index is 2.60. The van der Waals surface area contributed by atoms with Crippen LogP contribution >= 0.6 is 0 Å². The molecule has 0 aliphatic carbocycles. The lowest BCUT2D eigenvalue weighted by Crippen LogP contribution is -2.42. The van der Waals surface area contributed by atoms with Gasteiger partial charge in [0.2, 0.25) is 0 Å². The number of aromatic nitrogens is 2. The zero-order valence-electron chi connectivity index (χ0n) is 11.3. The van der Waals surface area contributed by atoms with Crippen molar-refractivity contribution in [2.75, 3.05) is 24.2 Å². The average molecular weight is 237 g/mol. The first-order valence-corrected chi connectivity index (χ1v) is 5.94. The molecule has 0 bridgehead atoms. The second-order valence-electron chi connectivity index (χ2n) is 5.07. The molecule has 0 spiro atoms. The molecule has 5 nitrogen and oxygen atoms in total. The molecule has 1 rings (SSSR count). The second-order valence-corrected chi connectivity index (χ2v) is 5.07. The molecule has 5 heteroatoms.